The van der Waals surface area contributed by atoms with Crippen LogP contribution in [0.25, 0.3) is 0 Å². The van der Waals surface area contributed by atoms with E-state index in [-0.39, 0.29) is 17.0 Å². The highest BCUT2D eigenvalue weighted by atomic mass is 35.5. The van der Waals surface area contributed by atoms with Crippen molar-refractivity contribution in [2.45, 2.75) is 24.1 Å². The predicted octanol–water partition coefficient (Wildman–Crippen LogP) is 3.37. The van der Waals surface area contributed by atoms with E-state index < -0.39 is 11.9 Å². The van der Waals surface area contributed by atoms with Gasteiger partial charge in [0.15, 0.2) is 0 Å². The second-order valence-corrected chi connectivity index (χ2v) is 5.30. The number of rotatable bonds is 4. The average Bonchev–Trinajstić information content (AvgIpc) is 2.24. The first-order valence-corrected chi connectivity index (χ1v) is 6.21. The van der Waals surface area contributed by atoms with E-state index in [2.05, 4.69) is 4.98 Å². The summed E-state index contributed by atoms with van der Waals surface area (Å²) >= 11 is 6.89. The lowest BCUT2D eigenvalue weighted by Crippen LogP contribution is -2.09. The summed E-state index contributed by atoms with van der Waals surface area (Å²) in [5, 5.41) is 8.61. The van der Waals surface area contributed by atoms with E-state index in [1.54, 1.807) is 6.92 Å². The van der Waals surface area contributed by atoms with Crippen molar-refractivity contribution in [3.05, 3.63) is 28.5 Å². The monoisotopic (exact) mass is 285 g/mol. The number of hydrogen-bond acceptors (Lipinski definition) is 3. The zero-order chi connectivity index (χ0) is 13.1. The Morgan fingerprint density at radius 3 is 2.65 bits per heavy atom. The van der Waals surface area contributed by atoms with Crippen molar-refractivity contribution in [2.24, 2.45) is 0 Å². The molecule has 1 rings (SSSR count). The minimum Gasteiger partial charge on any atom is -0.395 e. The van der Waals surface area contributed by atoms with Gasteiger partial charge in [-0.2, -0.15) is 24.9 Å². The maximum absolute atomic E-state index is 12.4. The first kappa shape index (κ1) is 14.6. The van der Waals surface area contributed by atoms with Crippen molar-refractivity contribution < 1.29 is 18.3 Å². The van der Waals surface area contributed by atoms with Crippen molar-refractivity contribution in [2.75, 3.05) is 6.61 Å². The van der Waals surface area contributed by atoms with Gasteiger partial charge in [0.25, 0.3) is 0 Å². The summed E-state index contributed by atoms with van der Waals surface area (Å²) in [7, 11) is 0. The van der Waals surface area contributed by atoms with Crippen molar-refractivity contribution in [3.63, 3.8) is 0 Å². The summed E-state index contributed by atoms with van der Waals surface area (Å²) in [6.07, 6.45) is -4.49. The van der Waals surface area contributed by atoms with Crippen LogP contribution in [0.2, 0.25) is 5.15 Å². The van der Waals surface area contributed by atoms with Gasteiger partial charge in [-0.25, -0.2) is 4.98 Å². The molecule has 1 atom stereocenters. The van der Waals surface area contributed by atoms with Gasteiger partial charge in [-0.15, -0.1) is 0 Å². The third kappa shape index (κ3) is 4.73. The summed E-state index contributed by atoms with van der Waals surface area (Å²) in [5.41, 5.74) is -0.542. The molecule has 1 heterocycles. The molecule has 0 saturated carbocycles. The van der Waals surface area contributed by atoms with Crippen LogP contribution in [0.5, 0.6) is 0 Å². The molecule has 0 fully saturated rings. The number of nitrogens with zero attached hydrogens (tertiary/aromatic N) is 1. The second kappa shape index (κ2) is 5.93. The largest absolute Gasteiger partial charge is 0.433 e. The molecule has 17 heavy (non-hydrogen) atoms. The van der Waals surface area contributed by atoms with Crippen LogP contribution in [0.15, 0.2) is 12.1 Å². The third-order valence-corrected chi connectivity index (χ3v) is 3.35. The predicted molar refractivity (Wildman–Crippen MR) is 62.1 cm³/mol. The number of pyridine rings is 1. The van der Waals surface area contributed by atoms with E-state index in [0.717, 1.165) is 6.07 Å². The van der Waals surface area contributed by atoms with Gasteiger partial charge >= 0.3 is 6.18 Å². The SMILES string of the molecule is CC(CO)SCc1cc(Cl)nc(C(F)(F)F)c1. The van der Waals surface area contributed by atoms with Gasteiger partial charge in [0.05, 0.1) is 6.61 Å². The number of thioether (sulfide) groups is 1. The number of aliphatic hydroxyl groups is 1. The smallest absolute Gasteiger partial charge is 0.395 e. The quantitative estimate of drug-likeness (QED) is 0.861. The van der Waals surface area contributed by atoms with Crippen LogP contribution in [-0.4, -0.2) is 21.9 Å². The molecule has 0 aliphatic rings. The highest BCUT2D eigenvalue weighted by Crippen LogP contribution is 2.30. The fourth-order valence-electron chi connectivity index (χ4n) is 1.07. The van der Waals surface area contributed by atoms with Gasteiger partial charge in [-0.3, -0.25) is 0 Å². The molecule has 1 unspecified atom stereocenters. The average molecular weight is 286 g/mol. The van der Waals surface area contributed by atoms with E-state index in [1.807, 2.05) is 0 Å². The topological polar surface area (TPSA) is 33.1 Å². The molecule has 0 bridgehead atoms. The second-order valence-electron chi connectivity index (χ2n) is 3.49. The molecule has 96 valence electrons. The third-order valence-electron chi connectivity index (χ3n) is 1.94. The van der Waals surface area contributed by atoms with E-state index in [0.29, 0.717) is 11.3 Å². The number of aliphatic hydroxyl groups excluding tert-OH is 1. The standard InChI is InChI=1S/C10H11ClF3NOS/c1-6(4-16)17-5-7-2-8(10(12,13)14)15-9(11)3-7/h2-3,6,16H,4-5H2,1H3. The zero-order valence-corrected chi connectivity index (χ0v) is 10.5. The summed E-state index contributed by atoms with van der Waals surface area (Å²) in [5.74, 6) is 0.354. The summed E-state index contributed by atoms with van der Waals surface area (Å²) in [4.78, 5) is 3.23. The minimum absolute atomic E-state index is 0.0182. The molecule has 0 aromatic carbocycles. The van der Waals surface area contributed by atoms with Gasteiger partial charge < -0.3 is 5.11 Å². The first-order valence-electron chi connectivity index (χ1n) is 4.79. The van der Waals surface area contributed by atoms with Crippen LogP contribution in [-0.2, 0) is 11.9 Å². The zero-order valence-electron chi connectivity index (χ0n) is 8.96. The van der Waals surface area contributed by atoms with Crippen molar-refractivity contribution >= 4 is 23.4 Å². The van der Waals surface area contributed by atoms with E-state index in [9.17, 15) is 13.2 Å². The van der Waals surface area contributed by atoms with E-state index >= 15 is 0 Å². The molecule has 2 nitrogen and oxygen atoms in total. The Kier molecular flexibility index (Phi) is 5.09. The lowest BCUT2D eigenvalue weighted by atomic mass is 10.2. The molecule has 0 saturated heterocycles. The van der Waals surface area contributed by atoms with Crippen LogP contribution in [0.1, 0.15) is 18.2 Å². The van der Waals surface area contributed by atoms with Crippen molar-refractivity contribution in [3.8, 4) is 0 Å². The van der Waals surface area contributed by atoms with Gasteiger partial charge in [0.1, 0.15) is 10.8 Å². The maximum atomic E-state index is 12.4. The summed E-state index contributed by atoms with van der Waals surface area (Å²) in [6, 6.07) is 2.37. The summed E-state index contributed by atoms with van der Waals surface area (Å²) < 4.78 is 37.3. The van der Waals surface area contributed by atoms with Crippen LogP contribution in [0.3, 0.4) is 0 Å². The Morgan fingerprint density at radius 1 is 1.47 bits per heavy atom. The highest BCUT2D eigenvalue weighted by molar-refractivity contribution is 7.99. The molecular weight excluding hydrogens is 275 g/mol. The highest BCUT2D eigenvalue weighted by Gasteiger charge is 2.33. The lowest BCUT2D eigenvalue weighted by Gasteiger charge is -2.10. The maximum Gasteiger partial charge on any atom is 0.433 e. The van der Waals surface area contributed by atoms with Gasteiger partial charge in [0, 0.05) is 11.0 Å². The Labute approximate surface area is 106 Å². The van der Waals surface area contributed by atoms with E-state index in [4.69, 9.17) is 16.7 Å². The Hall–Kier alpha value is -0.460. The number of hydrogen-bond donors (Lipinski definition) is 1. The number of halogens is 4. The van der Waals surface area contributed by atoms with Crippen molar-refractivity contribution in [1.82, 2.24) is 4.98 Å². The Morgan fingerprint density at radius 2 is 2.12 bits per heavy atom. The number of aromatic nitrogens is 1. The Balaban J connectivity index is 2.83. The van der Waals surface area contributed by atoms with Gasteiger partial charge in [-0.1, -0.05) is 18.5 Å². The fourth-order valence-corrected chi connectivity index (χ4v) is 2.05. The molecule has 0 radical (unpaired) electrons. The molecule has 7 heteroatoms. The fraction of sp³-hybridized carbons (Fsp3) is 0.500. The van der Waals surface area contributed by atoms with Crippen LogP contribution >= 0.6 is 23.4 Å². The molecule has 1 N–H and O–H groups in total. The molecule has 0 spiro atoms. The molecular formula is C10H11ClF3NOS. The number of alkyl halides is 3. The molecule has 0 amide bonds. The molecule has 0 aliphatic heterocycles. The van der Waals surface area contributed by atoms with Crippen LogP contribution < -0.4 is 0 Å². The van der Waals surface area contributed by atoms with Crippen LogP contribution in [0, 0.1) is 0 Å². The van der Waals surface area contributed by atoms with Crippen molar-refractivity contribution in [1.29, 1.82) is 0 Å². The minimum atomic E-state index is -4.49. The molecule has 1 aromatic heterocycles. The Bertz CT molecular complexity index is 386. The van der Waals surface area contributed by atoms with Gasteiger partial charge in [-0.05, 0) is 17.7 Å². The van der Waals surface area contributed by atoms with E-state index in [1.165, 1.54) is 17.8 Å². The normalized spacial score (nSPS) is 13.8. The molecule has 0 aliphatic carbocycles. The van der Waals surface area contributed by atoms with Gasteiger partial charge in [0.2, 0.25) is 0 Å². The van der Waals surface area contributed by atoms with Crippen LogP contribution in [0.4, 0.5) is 13.2 Å². The molecule has 1 aromatic rings. The first-order chi connectivity index (χ1) is 7.82. The lowest BCUT2D eigenvalue weighted by molar-refractivity contribution is -0.141. The summed E-state index contributed by atoms with van der Waals surface area (Å²) in [6.45, 7) is 1.77.